The van der Waals surface area contributed by atoms with Gasteiger partial charge in [-0.2, -0.15) is 8.78 Å². The van der Waals surface area contributed by atoms with E-state index in [1.165, 1.54) is 4.90 Å². The van der Waals surface area contributed by atoms with E-state index in [9.17, 15) is 18.4 Å². The van der Waals surface area contributed by atoms with Crippen molar-refractivity contribution in [2.24, 2.45) is 17.8 Å². The van der Waals surface area contributed by atoms with Gasteiger partial charge in [0.2, 0.25) is 0 Å². The number of allylic oxidation sites excluding steroid dienone is 1. The predicted octanol–water partition coefficient (Wildman–Crippen LogP) is 7.21. The van der Waals surface area contributed by atoms with Crippen molar-refractivity contribution in [1.29, 1.82) is 0 Å². The van der Waals surface area contributed by atoms with Crippen LogP contribution < -0.4 is 0 Å². The van der Waals surface area contributed by atoms with Crippen LogP contribution in [0.25, 0.3) is 0 Å². The summed E-state index contributed by atoms with van der Waals surface area (Å²) in [6, 6.07) is 0. The molecule has 1 amide bonds. The Morgan fingerprint density at radius 3 is 2.21 bits per heavy atom. The Hall–Kier alpha value is -1.30. The lowest BCUT2D eigenvalue weighted by atomic mass is 9.88. The van der Waals surface area contributed by atoms with Gasteiger partial charge in [-0.3, -0.25) is 9.59 Å². The normalized spacial score (nSPS) is 17.8. The van der Waals surface area contributed by atoms with Gasteiger partial charge >= 0.3 is 5.92 Å². The number of alkyl halides is 2. The maximum Gasteiger partial charge on any atom is 0.325 e. The third-order valence-electron chi connectivity index (χ3n) is 7.25. The number of halogens is 2. The lowest BCUT2D eigenvalue weighted by molar-refractivity contribution is -0.164. The summed E-state index contributed by atoms with van der Waals surface area (Å²) in [5, 5.41) is 0. The number of nitrogens with zero attached hydrogens (tertiary/aromatic N) is 1. The molecule has 0 bridgehead atoms. The SMILES string of the molecule is C=C(C[C@@H](C)CN(C(=O)C(F)(F)CC(C)C)C1(CC)CC1)C(=O)C(C)C[C@H](CCCCC)OC. The molecule has 34 heavy (non-hydrogen) atoms. The molecule has 1 unspecified atom stereocenters. The molecule has 1 fully saturated rings. The fourth-order valence-corrected chi connectivity index (χ4v) is 4.95. The molecule has 0 aromatic carbocycles. The third kappa shape index (κ3) is 9.05. The van der Waals surface area contributed by atoms with E-state index in [1.807, 2.05) is 20.8 Å². The van der Waals surface area contributed by atoms with Gasteiger partial charge in [0.15, 0.2) is 5.78 Å². The van der Waals surface area contributed by atoms with E-state index in [0.717, 1.165) is 38.5 Å². The van der Waals surface area contributed by atoms with Crippen molar-refractivity contribution in [3.05, 3.63) is 12.2 Å². The second-order valence-electron chi connectivity index (χ2n) is 11.1. The monoisotopic (exact) mass is 485 g/mol. The Balaban J connectivity index is 2.77. The zero-order chi connectivity index (χ0) is 26.1. The molecule has 4 nitrogen and oxygen atoms in total. The Bertz CT molecular complexity index is 673. The summed E-state index contributed by atoms with van der Waals surface area (Å²) in [4.78, 5) is 27.3. The highest BCUT2D eigenvalue weighted by Crippen LogP contribution is 2.47. The first kappa shape index (κ1) is 30.7. The summed E-state index contributed by atoms with van der Waals surface area (Å²) in [6.45, 7) is 15.6. The van der Waals surface area contributed by atoms with E-state index in [1.54, 1.807) is 21.0 Å². The Labute approximate surface area is 206 Å². The Kier molecular flexibility index (Phi) is 12.4. The molecule has 0 N–H and O–H groups in total. The van der Waals surface area contributed by atoms with Gasteiger partial charge in [-0.05, 0) is 55.9 Å². The number of methoxy groups -OCH3 is 1. The van der Waals surface area contributed by atoms with Gasteiger partial charge < -0.3 is 9.64 Å². The van der Waals surface area contributed by atoms with Crippen molar-refractivity contribution < 1.29 is 23.1 Å². The van der Waals surface area contributed by atoms with Gasteiger partial charge in [0, 0.05) is 31.5 Å². The molecule has 0 aromatic heterocycles. The van der Waals surface area contributed by atoms with Crippen LogP contribution in [0.1, 0.15) is 106 Å². The fourth-order valence-electron chi connectivity index (χ4n) is 4.95. The number of Topliss-reactive ketones (excluding diaryl/α,β-unsaturated/α-hetero) is 1. The van der Waals surface area contributed by atoms with Crippen molar-refractivity contribution in [1.82, 2.24) is 4.90 Å². The Morgan fingerprint density at radius 2 is 1.74 bits per heavy atom. The molecule has 0 heterocycles. The quantitative estimate of drug-likeness (QED) is 0.152. The van der Waals surface area contributed by atoms with Gasteiger partial charge in [0.05, 0.1) is 6.10 Å². The van der Waals surface area contributed by atoms with E-state index >= 15 is 0 Å². The van der Waals surface area contributed by atoms with Gasteiger partial charge in [-0.25, -0.2) is 0 Å². The molecule has 0 aliphatic heterocycles. The maximum absolute atomic E-state index is 14.8. The van der Waals surface area contributed by atoms with E-state index < -0.39 is 23.8 Å². The van der Waals surface area contributed by atoms with Gasteiger partial charge in [0.25, 0.3) is 5.91 Å². The molecule has 1 rings (SSSR count). The number of hydrogen-bond donors (Lipinski definition) is 0. The van der Waals surface area contributed by atoms with Crippen LogP contribution in [0.15, 0.2) is 12.2 Å². The summed E-state index contributed by atoms with van der Waals surface area (Å²) in [6.07, 6.45) is 7.14. The number of ether oxygens (including phenoxy) is 1. The number of carbonyl (C=O) groups is 2. The molecule has 0 radical (unpaired) electrons. The molecule has 198 valence electrons. The van der Waals surface area contributed by atoms with Gasteiger partial charge in [-0.1, -0.05) is 67.4 Å². The van der Waals surface area contributed by atoms with E-state index in [4.69, 9.17) is 4.74 Å². The van der Waals surface area contributed by atoms with Crippen LogP contribution in [0.5, 0.6) is 0 Å². The first-order valence-corrected chi connectivity index (χ1v) is 13.3. The summed E-state index contributed by atoms with van der Waals surface area (Å²) in [5.74, 6) is -5.03. The molecule has 0 aromatic rings. The predicted molar refractivity (Wildman–Crippen MR) is 135 cm³/mol. The van der Waals surface area contributed by atoms with Crippen LogP contribution in [0.3, 0.4) is 0 Å². The van der Waals surface area contributed by atoms with Gasteiger partial charge in [-0.15, -0.1) is 0 Å². The van der Waals surface area contributed by atoms with Crippen molar-refractivity contribution in [2.75, 3.05) is 13.7 Å². The van der Waals surface area contributed by atoms with Crippen LogP contribution in [0, 0.1) is 17.8 Å². The maximum atomic E-state index is 14.8. The highest BCUT2D eigenvalue weighted by molar-refractivity contribution is 5.96. The fraction of sp³-hybridized carbons (Fsp3) is 0.857. The topological polar surface area (TPSA) is 46.6 Å². The largest absolute Gasteiger partial charge is 0.381 e. The van der Waals surface area contributed by atoms with Crippen LogP contribution in [-0.4, -0.2) is 47.8 Å². The number of rotatable bonds is 18. The first-order chi connectivity index (χ1) is 15.8. The Morgan fingerprint density at radius 1 is 1.12 bits per heavy atom. The summed E-state index contributed by atoms with van der Waals surface area (Å²) < 4.78 is 35.1. The van der Waals surface area contributed by atoms with Crippen LogP contribution in [0.4, 0.5) is 8.78 Å². The minimum absolute atomic E-state index is 0.00373. The molecule has 0 saturated heterocycles. The lowest BCUT2D eigenvalue weighted by Gasteiger charge is -2.36. The molecule has 0 spiro atoms. The smallest absolute Gasteiger partial charge is 0.325 e. The van der Waals surface area contributed by atoms with Crippen molar-refractivity contribution in [3.63, 3.8) is 0 Å². The van der Waals surface area contributed by atoms with E-state index in [0.29, 0.717) is 24.8 Å². The second-order valence-corrected chi connectivity index (χ2v) is 11.1. The van der Waals surface area contributed by atoms with Crippen molar-refractivity contribution in [3.8, 4) is 0 Å². The highest BCUT2D eigenvalue weighted by atomic mass is 19.3. The molecule has 3 atom stereocenters. The number of ketones is 1. The van der Waals surface area contributed by atoms with Crippen LogP contribution in [0.2, 0.25) is 0 Å². The minimum atomic E-state index is -3.37. The van der Waals surface area contributed by atoms with E-state index in [-0.39, 0.29) is 36.2 Å². The lowest BCUT2D eigenvalue weighted by Crippen LogP contribution is -2.52. The summed E-state index contributed by atoms with van der Waals surface area (Å²) in [5.41, 5.74) is 0.0419. The van der Waals surface area contributed by atoms with E-state index in [2.05, 4.69) is 13.5 Å². The molecular weight excluding hydrogens is 436 g/mol. The van der Waals surface area contributed by atoms with Crippen LogP contribution >= 0.6 is 0 Å². The zero-order valence-electron chi connectivity index (χ0n) is 22.7. The average Bonchev–Trinajstić information content (AvgIpc) is 3.55. The van der Waals surface area contributed by atoms with Crippen LogP contribution in [-0.2, 0) is 14.3 Å². The average molecular weight is 486 g/mol. The van der Waals surface area contributed by atoms with Crippen molar-refractivity contribution >= 4 is 11.7 Å². The number of unbranched alkanes of at least 4 members (excludes halogenated alkanes) is 2. The zero-order valence-corrected chi connectivity index (χ0v) is 22.7. The molecule has 6 heteroatoms. The molecule has 1 aliphatic carbocycles. The first-order valence-electron chi connectivity index (χ1n) is 13.3. The molecule has 1 aliphatic rings. The number of amides is 1. The summed E-state index contributed by atoms with van der Waals surface area (Å²) >= 11 is 0. The molecular formula is C28H49F2NO3. The number of carbonyl (C=O) groups excluding carboxylic acids is 2. The molecule has 1 saturated carbocycles. The standard InChI is InChI=1S/C28H49F2NO3/c1-9-11-12-13-24(34-8)17-23(7)25(32)22(6)16-21(5)19-31(27(10-2)14-15-27)26(33)28(29,30)18-20(3)4/h20-21,23-24H,6,9-19H2,1-5,7-8H3/t21-,23?,24+/m1/s1. The highest BCUT2D eigenvalue weighted by Gasteiger charge is 2.54. The summed E-state index contributed by atoms with van der Waals surface area (Å²) in [7, 11) is 1.69. The third-order valence-corrected chi connectivity index (χ3v) is 7.25. The number of hydrogen-bond acceptors (Lipinski definition) is 3. The second kappa shape index (κ2) is 13.7. The van der Waals surface area contributed by atoms with Crippen molar-refractivity contribution in [2.45, 2.75) is 123 Å². The van der Waals surface area contributed by atoms with Gasteiger partial charge in [0.1, 0.15) is 0 Å². The minimum Gasteiger partial charge on any atom is -0.381 e.